The third-order valence-corrected chi connectivity index (χ3v) is 3.57. The van der Waals surface area contributed by atoms with E-state index in [4.69, 9.17) is 0 Å². The van der Waals surface area contributed by atoms with Crippen LogP contribution in [0.4, 0.5) is 18.9 Å². The second kappa shape index (κ2) is 6.05. The summed E-state index contributed by atoms with van der Waals surface area (Å²) < 4.78 is 60.8. The number of hydrogen-bond acceptors (Lipinski definition) is 3. The Morgan fingerprint density at radius 3 is 2.21 bits per heavy atom. The molecule has 0 saturated heterocycles. The van der Waals surface area contributed by atoms with Crippen molar-refractivity contribution < 1.29 is 26.4 Å². The van der Waals surface area contributed by atoms with Crippen LogP contribution in [0.15, 0.2) is 24.3 Å². The maximum absolute atomic E-state index is 11.9. The number of rotatable bonds is 6. The van der Waals surface area contributed by atoms with Gasteiger partial charge in [0.05, 0.1) is 5.75 Å². The standard InChI is InChI=1S/C11H12F3NO3S/c12-11(13,14)6-1-7-19(17,18)15-10-4-2-9(8-16)3-5-10/h2-5,8,15H,1,6-7H2. The molecule has 4 nitrogen and oxygen atoms in total. The number of hydrogen-bond donors (Lipinski definition) is 1. The fourth-order valence-electron chi connectivity index (χ4n) is 1.32. The Labute approximate surface area is 108 Å². The lowest BCUT2D eigenvalue weighted by Crippen LogP contribution is -2.18. The third kappa shape index (κ3) is 6.23. The predicted octanol–water partition coefficient (Wildman–Crippen LogP) is 2.58. The molecule has 0 atom stereocenters. The van der Waals surface area contributed by atoms with Gasteiger partial charge in [0.25, 0.3) is 0 Å². The predicted molar refractivity (Wildman–Crippen MR) is 64.5 cm³/mol. The highest BCUT2D eigenvalue weighted by Crippen LogP contribution is 2.22. The van der Waals surface area contributed by atoms with Crippen LogP contribution in [0.5, 0.6) is 0 Å². The molecule has 0 heterocycles. The molecule has 0 unspecified atom stereocenters. The molecule has 106 valence electrons. The molecule has 0 radical (unpaired) electrons. The van der Waals surface area contributed by atoms with Gasteiger partial charge >= 0.3 is 6.18 Å². The Balaban J connectivity index is 2.56. The summed E-state index contributed by atoms with van der Waals surface area (Å²) in [7, 11) is -3.81. The molecule has 1 aromatic rings. The Hall–Kier alpha value is -1.57. The quantitative estimate of drug-likeness (QED) is 0.820. The summed E-state index contributed by atoms with van der Waals surface area (Å²) in [6.45, 7) is 0. The normalized spacial score (nSPS) is 12.2. The number of alkyl halides is 3. The SMILES string of the molecule is O=Cc1ccc(NS(=O)(=O)CCCC(F)(F)F)cc1. The fraction of sp³-hybridized carbons (Fsp3) is 0.364. The molecule has 0 aliphatic heterocycles. The second-order valence-electron chi connectivity index (χ2n) is 3.88. The van der Waals surface area contributed by atoms with Crippen LogP contribution in [-0.2, 0) is 10.0 Å². The number of sulfonamides is 1. The summed E-state index contributed by atoms with van der Waals surface area (Å²) in [5.74, 6) is -0.609. The number of halogens is 3. The van der Waals surface area contributed by atoms with Crippen molar-refractivity contribution in [3.8, 4) is 0 Å². The van der Waals surface area contributed by atoms with E-state index in [2.05, 4.69) is 4.72 Å². The lowest BCUT2D eigenvalue weighted by atomic mass is 10.2. The fourth-order valence-corrected chi connectivity index (χ4v) is 2.44. The van der Waals surface area contributed by atoms with Gasteiger partial charge in [-0.25, -0.2) is 8.42 Å². The molecule has 0 aliphatic carbocycles. The molecular formula is C11H12F3NO3S. The largest absolute Gasteiger partial charge is 0.389 e. The first-order valence-corrected chi connectivity index (χ1v) is 6.99. The molecule has 0 amide bonds. The van der Waals surface area contributed by atoms with Crippen LogP contribution in [0.3, 0.4) is 0 Å². The van der Waals surface area contributed by atoms with Gasteiger partial charge in [-0.3, -0.25) is 9.52 Å². The number of aldehydes is 1. The monoisotopic (exact) mass is 295 g/mol. The van der Waals surface area contributed by atoms with Crippen LogP contribution in [0.1, 0.15) is 23.2 Å². The van der Waals surface area contributed by atoms with Gasteiger partial charge in [0.2, 0.25) is 10.0 Å². The van der Waals surface area contributed by atoms with Crippen LogP contribution >= 0.6 is 0 Å². The van der Waals surface area contributed by atoms with Gasteiger partial charge in [-0.15, -0.1) is 0 Å². The van der Waals surface area contributed by atoms with Crippen LogP contribution in [0.25, 0.3) is 0 Å². The highest BCUT2D eigenvalue weighted by molar-refractivity contribution is 7.92. The van der Waals surface area contributed by atoms with E-state index >= 15 is 0 Å². The summed E-state index contributed by atoms with van der Waals surface area (Å²) in [5.41, 5.74) is 0.581. The topological polar surface area (TPSA) is 63.2 Å². The summed E-state index contributed by atoms with van der Waals surface area (Å²) >= 11 is 0. The highest BCUT2D eigenvalue weighted by Gasteiger charge is 2.27. The Morgan fingerprint density at radius 1 is 1.16 bits per heavy atom. The lowest BCUT2D eigenvalue weighted by molar-refractivity contribution is -0.134. The van der Waals surface area contributed by atoms with Gasteiger partial charge in [-0.05, 0) is 30.7 Å². The molecule has 19 heavy (non-hydrogen) atoms. The van der Waals surface area contributed by atoms with Gasteiger partial charge in [-0.2, -0.15) is 13.2 Å². The average molecular weight is 295 g/mol. The van der Waals surface area contributed by atoms with Crippen molar-refractivity contribution in [3.05, 3.63) is 29.8 Å². The Bertz CT molecular complexity index is 523. The zero-order valence-electron chi connectivity index (χ0n) is 9.77. The zero-order chi connectivity index (χ0) is 14.5. The van der Waals surface area contributed by atoms with Crippen molar-refractivity contribution in [1.82, 2.24) is 0 Å². The van der Waals surface area contributed by atoms with E-state index < -0.39 is 34.8 Å². The molecule has 8 heteroatoms. The Kier molecular flexibility index (Phi) is 4.93. The van der Waals surface area contributed by atoms with E-state index in [9.17, 15) is 26.4 Å². The Morgan fingerprint density at radius 2 is 1.74 bits per heavy atom. The zero-order valence-corrected chi connectivity index (χ0v) is 10.6. The second-order valence-corrected chi connectivity index (χ2v) is 5.72. The number of benzene rings is 1. The van der Waals surface area contributed by atoms with Gasteiger partial charge in [0, 0.05) is 17.7 Å². The van der Waals surface area contributed by atoms with Crippen molar-refractivity contribution in [3.63, 3.8) is 0 Å². The van der Waals surface area contributed by atoms with Crippen molar-refractivity contribution in [2.75, 3.05) is 10.5 Å². The van der Waals surface area contributed by atoms with Gasteiger partial charge in [0.15, 0.2) is 0 Å². The maximum atomic E-state index is 11.9. The minimum absolute atomic E-state index is 0.206. The van der Waals surface area contributed by atoms with Gasteiger partial charge in [0.1, 0.15) is 6.29 Å². The maximum Gasteiger partial charge on any atom is 0.389 e. The first-order valence-electron chi connectivity index (χ1n) is 5.34. The summed E-state index contributed by atoms with van der Waals surface area (Å²) in [6.07, 6.45) is -5.40. The molecule has 0 fully saturated rings. The highest BCUT2D eigenvalue weighted by atomic mass is 32.2. The number of carbonyl (C=O) groups is 1. The molecule has 0 aliphatic rings. The molecule has 0 bridgehead atoms. The van der Waals surface area contributed by atoms with Crippen molar-refractivity contribution in [2.24, 2.45) is 0 Å². The molecule has 0 saturated carbocycles. The molecule has 1 rings (SSSR count). The molecule has 0 spiro atoms. The van der Waals surface area contributed by atoms with Gasteiger partial charge in [-0.1, -0.05) is 0 Å². The van der Waals surface area contributed by atoms with E-state index in [1.165, 1.54) is 24.3 Å². The third-order valence-electron chi connectivity index (χ3n) is 2.19. The first-order chi connectivity index (χ1) is 8.72. The van der Waals surface area contributed by atoms with E-state index in [1.807, 2.05) is 0 Å². The lowest BCUT2D eigenvalue weighted by Gasteiger charge is -2.09. The van der Waals surface area contributed by atoms with E-state index in [-0.39, 0.29) is 5.69 Å². The van der Waals surface area contributed by atoms with Crippen molar-refractivity contribution >= 4 is 22.0 Å². The number of anilines is 1. The van der Waals surface area contributed by atoms with E-state index in [0.29, 0.717) is 11.8 Å². The first kappa shape index (κ1) is 15.5. The smallest absolute Gasteiger partial charge is 0.298 e. The molecule has 1 aromatic carbocycles. The minimum Gasteiger partial charge on any atom is -0.298 e. The van der Waals surface area contributed by atoms with Crippen LogP contribution < -0.4 is 4.72 Å². The van der Waals surface area contributed by atoms with Crippen LogP contribution in [-0.4, -0.2) is 26.6 Å². The molecular weight excluding hydrogens is 283 g/mol. The van der Waals surface area contributed by atoms with Crippen molar-refractivity contribution in [1.29, 1.82) is 0 Å². The number of carbonyl (C=O) groups excluding carboxylic acids is 1. The van der Waals surface area contributed by atoms with Gasteiger partial charge < -0.3 is 0 Å². The summed E-state index contributed by atoms with van der Waals surface area (Å²) in [4.78, 5) is 10.4. The minimum atomic E-state index is -4.36. The van der Waals surface area contributed by atoms with E-state index in [1.54, 1.807) is 0 Å². The summed E-state index contributed by atoms with van der Waals surface area (Å²) in [5, 5.41) is 0. The number of nitrogens with one attached hydrogen (secondary N) is 1. The van der Waals surface area contributed by atoms with Crippen LogP contribution in [0.2, 0.25) is 0 Å². The molecule has 0 aromatic heterocycles. The summed E-state index contributed by atoms with van der Waals surface area (Å²) in [6, 6.07) is 5.54. The van der Waals surface area contributed by atoms with Crippen molar-refractivity contribution in [2.45, 2.75) is 19.0 Å². The molecule has 1 N–H and O–H groups in total. The average Bonchev–Trinajstić information content (AvgIpc) is 2.27. The van der Waals surface area contributed by atoms with E-state index in [0.717, 1.165) is 0 Å². The van der Waals surface area contributed by atoms with Crippen LogP contribution in [0, 0.1) is 0 Å².